The van der Waals surface area contributed by atoms with Gasteiger partial charge in [-0.3, -0.25) is 15.3 Å². The zero-order valence-electron chi connectivity index (χ0n) is 29.2. The predicted molar refractivity (Wildman–Crippen MR) is 199 cm³/mol. The van der Waals surface area contributed by atoms with Gasteiger partial charge in [0.05, 0.1) is 51.2 Å². The van der Waals surface area contributed by atoms with Crippen molar-refractivity contribution in [3.63, 3.8) is 0 Å². The number of nitrogens with one attached hydrogen (secondary N) is 3. The van der Waals surface area contributed by atoms with Gasteiger partial charge in [-0.25, -0.2) is 0 Å². The maximum absolute atomic E-state index is 4.46. The number of aromatic amines is 3. The second kappa shape index (κ2) is 14.0. The summed E-state index contributed by atoms with van der Waals surface area (Å²) >= 11 is 0. The molecule has 0 spiro atoms. The van der Waals surface area contributed by atoms with Crippen molar-refractivity contribution in [2.75, 3.05) is 0 Å². The molecule has 51 heavy (non-hydrogen) atoms. The van der Waals surface area contributed by atoms with Gasteiger partial charge in [0.15, 0.2) is 0 Å². The van der Waals surface area contributed by atoms with Crippen LogP contribution in [-0.2, 0) is 0 Å². The highest BCUT2D eigenvalue weighted by molar-refractivity contribution is 5.82. The van der Waals surface area contributed by atoms with E-state index in [0.29, 0.717) is 0 Å². The average molecular weight is 673 g/mol. The van der Waals surface area contributed by atoms with Crippen LogP contribution in [0.1, 0.15) is 34.2 Å². The van der Waals surface area contributed by atoms with Gasteiger partial charge in [0.1, 0.15) is 17.1 Å². The molecule has 0 atom stereocenters. The van der Waals surface area contributed by atoms with Crippen molar-refractivity contribution >= 4 is 34.1 Å². The lowest BCUT2D eigenvalue weighted by Gasteiger charge is -2.12. The molecule has 0 unspecified atom stereocenters. The van der Waals surface area contributed by atoms with Crippen LogP contribution in [0.25, 0.3) is 33.4 Å². The number of aromatic nitrogens is 6. The summed E-state index contributed by atoms with van der Waals surface area (Å²) in [7, 11) is 0. The summed E-state index contributed by atoms with van der Waals surface area (Å²) in [6.45, 7) is 11.5. The highest BCUT2D eigenvalue weighted by atomic mass is 15.2. The SMILES string of the molecule is Cc1n[nH]c(C)c1N=Nc1ccc(-c2cc(-c3ccc(N=Nc4c(C)n[nH]c4C)cc3)cc(-c3ccc(N=Nc4c(C)n[nH]c4C)cc3)c2)cc1. The van der Waals surface area contributed by atoms with E-state index in [-0.39, 0.29) is 0 Å². The summed E-state index contributed by atoms with van der Waals surface area (Å²) in [6, 6.07) is 30.9. The van der Waals surface area contributed by atoms with Crippen LogP contribution < -0.4 is 0 Å². The Morgan fingerprint density at radius 1 is 0.333 bits per heavy atom. The minimum Gasteiger partial charge on any atom is -0.280 e. The van der Waals surface area contributed by atoms with Crippen LogP contribution in [0.2, 0.25) is 0 Å². The maximum atomic E-state index is 4.46. The third-order valence-corrected chi connectivity index (χ3v) is 8.60. The molecule has 12 nitrogen and oxygen atoms in total. The molecule has 0 aliphatic carbocycles. The fourth-order valence-electron chi connectivity index (χ4n) is 5.69. The Labute approximate surface area is 294 Å². The van der Waals surface area contributed by atoms with Gasteiger partial charge >= 0.3 is 0 Å². The first kappa shape index (κ1) is 32.8. The van der Waals surface area contributed by atoms with Crippen LogP contribution >= 0.6 is 0 Å². The number of nitrogens with zero attached hydrogens (tertiary/aromatic N) is 9. The Bertz CT molecular complexity index is 2070. The number of hydrogen-bond donors (Lipinski definition) is 3. The lowest BCUT2D eigenvalue weighted by molar-refractivity contribution is 1.02. The molecule has 7 aromatic rings. The van der Waals surface area contributed by atoms with Gasteiger partial charge < -0.3 is 0 Å². The van der Waals surface area contributed by atoms with Gasteiger partial charge in [-0.05, 0) is 130 Å². The van der Waals surface area contributed by atoms with Crippen LogP contribution in [0, 0.1) is 41.5 Å². The Morgan fingerprint density at radius 2 is 0.588 bits per heavy atom. The number of rotatable bonds is 9. The average Bonchev–Trinajstić information content (AvgIpc) is 3.78. The lowest BCUT2D eigenvalue weighted by atomic mass is 9.93. The molecule has 7 rings (SSSR count). The molecular weight excluding hydrogens is 637 g/mol. The summed E-state index contributed by atoms with van der Waals surface area (Å²) < 4.78 is 0. The van der Waals surface area contributed by atoms with Gasteiger partial charge in [-0.15, -0.1) is 15.3 Å². The Morgan fingerprint density at radius 3 is 0.804 bits per heavy atom. The zero-order chi connectivity index (χ0) is 35.5. The third kappa shape index (κ3) is 7.20. The minimum absolute atomic E-state index is 0.756. The second-order valence-corrected chi connectivity index (χ2v) is 12.4. The molecule has 4 aromatic carbocycles. The molecule has 0 aliphatic heterocycles. The van der Waals surface area contributed by atoms with Crippen molar-refractivity contribution in [2.45, 2.75) is 41.5 Å². The van der Waals surface area contributed by atoms with E-state index in [4.69, 9.17) is 0 Å². The van der Waals surface area contributed by atoms with E-state index >= 15 is 0 Å². The van der Waals surface area contributed by atoms with E-state index in [9.17, 15) is 0 Å². The van der Waals surface area contributed by atoms with Crippen molar-refractivity contribution < 1.29 is 0 Å². The fraction of sp³-hybridized carbons (Fsp3) is 0.154. The molecule has 0 radical (unpaired) electrons. The number of azo groups is 3. The van der Waals surface area contributed by atoms with Crippen molar-refractivity contribution in [1.29, 1.82) is 0 Å². The van der Waals surface area contributed by atoms with E-state index < -0.39 is 0 Å². The Balaban J connectivity index is 1.21. The van der Waals surface area contributed by atoms with Gasteiger partial charge in [0.25, 0.3) is 0 Å². The van der Waals surface area contributed by atoms with E-state index in [2.05, 4.69) is 116 Å². The highest BCUT2D eigenvalue weighted by Gasteiger charge is 2.11. The molecule has 12 heteroatoms. The summed E-state index contributed by atoms with van der Waals surface area (Å²) in [5, 5.41) is 48.1. The van der Waals surface area contributed by atoms with E-state index in [1.165, 1.54) is 0 Å². The molecule has 3 heterocycles. The predicted octanol–water partition coefficient (Wildman–Crippen LogP) is 12.0. The first-order valence-corrected chi connectivity index (χ1v) is 16.5. The number of benzene rings is 4. The van der Waals surface area contributed by atoms with Crippen molar-refractivity contribution in [1.82, 2.24) is 30.6 Å². The molecule has 0 saturated heterocycles. The molecule has 252 valence electrons. The van der Waals surface area contributed by atoms with Crippen molar-refractivity contribution in [3.8, 4) is 33.4 Å². The largest absolute Gasteiger partial charge is 0.280 e. The van der Waals surface area contributed by atoms with Crippen LogP contribution in [0.3, 0.4) is 0 Å². The van der Waals surface area contributed by atoms with Crippen molar-refractivity contribution in [3.05, 3.63) is 125 Å². The van der Waals surface area contributed by atoms with E-state index in [0.717, 1.165) is 102 Å². The lowest BCUT2D eigenvalue weighted by Crippen LogP contribution is -1.86. The third-order valence-electron chi connectivity index (χ3n) is 8.60. The quantitative estimate of drug-likeness (QED) is 0.130. The molecular formula is C39H36N12. The maximum Gasteiger partial charge on any atom is 0.129 e. The molecule has 3 aromatic heterocycles. The Kier molecular flexibility index (Phi) is 9.04. The van der Waals surface area contributed by atoms with Crippen molar-refractivity contribution in [2.24, 2.45) is 30.7 Å². The second-order valence-electron chi connectivity index (χ2n) is 12.4. The molecule has 3 N–H and O–H groups in total. The summed E-state index contributed by atoms with van der Waals surface area (Å²) in [5.41, 5.74) is 16.0. The first-order valence-electron chi connectivity index (χ1n) is 16.5. The van der Waals surface area contributed by atoms with E-state index in [1.54, 1.807) is 0 Å². The van der Waals surface area contributed by atoms with Crippen LogP contribution in [0.15, 0.2) is 122 Å². The van der Waals surface area contributed by atoms with Crippen LogP contribution in [-0.4, -0.2) is 30.6 Å². The topological polar surface area (TPSA) is 160 Å². The molecule has 0 bridgehead atoms. The van der Waals surface area contributed by atoms with Gasteiger partial charge in [-0.2, -0.15) is 30.6 Å². The fourth-order valence-corrected chi connectivity index (χ4v) is 5.69. The summed E-state index contributed by atoms with van der Waals surface area (Å²) in [6.07, 6.45) is 0. The standard InChI is InChI=1S/C39H36N12/c1-22-37(23(2)41-40-22)49-46-34-13-7-28(8-14-34)31-19-32(29-9-15-35(16-10-29)47-50-38-24(3)42-43-25(38)4)21-33(20-31)30-11-17-36(18-12-30)48-51-39-26(5)44-45-27(39)6/h7-21H,1-6H3,(H,40,41)(H,42,43)(H,44,45). The normalized spacial score (nSPS) is 11.9. The van der Waals surface area contributed by atoms with Gasteiger partial charge in [0, 0.05) is 0 Å². The summed E-state index contributed by atoms with van der Waals surface area (Å²) in [5.74, 6) is 0. The van der Waals surface area contributed by atoms with Crippen LogP contribution in [0.5, 0.6) is 0 Å². The highest BCUT2D eigenvalue weighted by Crippen LogP contribution is 2.36. The van der Waals surface area contributed by atoms with Gasteiger partial charge in [0.2, 0.25) is 0 Å². The number of aryl methyl sites for hydroxylation is 6. The number of H-pyrrole nitrogens is 3. The molecule has 0 aliphatic rings. The molecule has 0 fully saturated rings. The molecule has 0 saturated carbocycles. The van der Waals surface area contributed by atoms with Crippen LogP contribution in [0.4, 0.5) is 34.1 Å². The smallest absolute Gasteiger partial charge is 0.129 e. The van der Waals surface area contributed by atoms with E-state index in [1.807, 2.05) is 77.9 Å². The zero-order valence-corrected chi connectivity index (χ0v) is 29.2. The monoisotopic (exact) mass is 672 g/mol. The van der Waals surface area contributed by atoms with Gasteiger partial charge in [-0.1, -0.05) is 36.4 Å². The minimum atomic E-state index is 0.756. The Hall–Kier alpha value is -6.69. The first-order chi connectivity index (χ1) is 24.7. The molecule has 0 amide bonds. The number of hydrogen-bond acceptors (Lipinski definition) is 9. The summed E-state index contributed by atoms with van der Waals surface area (Å²) in [4.78, 5) is 0.